The number of benzene rings is 1. The molecule has 1 unspecified atom stereocenters. The summed E-state index contributed by atoms with van der Waals surface area (Å²) >= 11 is 0. The number of hydrogen-bond donors (Lipinski definition) is 1. The molecule has 0 radical (unpaired) electrons. The highest BCUT2D eigenvalue weighted by Gasteiger charge is 2.22. The molecule has 1 atom stereocenters. The third-order valence-electron chi connectivity index (χ3n) is 3.02. The Kier molecular flexibility index (Phi) is 4.00. The number of fused-ring (bicyclic) bond motifs is 1. The molecule has 2 nitrogen and oxygen atoms in total. The predicted octanol–water partition coefficient (Wildman–Crippen LogP) is 2.91. The van der Waals surface area contributed by atoms with E-state index in [4.69, 9.17) is 4.74 Å². The van der Waals surface area contributed by atoms with Crippen molar-refractivity contribution in [3.05, 3.63) is 29.6 Å². The topological polar surface area (TPSA) is 21.3 Å². The average Bonchev–Trinajstić information content (AvgIpc) is 2.66. The van der Waals surface area contributed by atoms with Gasteiger partial charge < -0.3 is 10.1 Å². The van der Waals surface area contributed by atoms with Gasteiger partial charge in [0, 0.05) is 18.0 Å². The third-order valence-corrected chi connectivity index (χ3v) is 3.02. The van der Waals surface area contributed by atoms with Gasteiger partial charge in [-0.1, -0.05) is 13.8 Å². The molecule has 3 heteroatoms. The van der Waals surface area contributed by atoms with Crippen molar-refractivity contribution >= 4 is 0 Å². The van der Waals surface area contributed by atoms with Crippen LogP contribution >= 0.6 is 0 Å². The van der Waals surface area contributed by atoms with Crippen molar-refractivity contribution in [3.63, 3.8) is 0 Å². The molecule has 0 bridgehead atoms. The number of halogens is 1. The lowest BCUT2D eigenvalue weighted by Crippen LogP contribution is -2.25. The Morgan fingerprint density at radius 3 is 3.06 bits per heavy atom. The van der Waals surface area contributed by atoms with Gasteiger partial charge in [0.2, 0.25) is 0 Å². The summed E-state index contributed by atoms with van der Waals surface area (Å²) in [6.07, 6.45) is 3.19. The van der Waals surface area contributed by atoms with Gasteiger partial charge in [0.15, 0.2) is 0 Å². The van der Waals surface area contributed by atoms with Gasteiger partial charge in [-0.15, -0.1) is 0 Å². The van der Waals surface area contributed by atoms with Crippen LogP contribution in [-0.4, -0.2) is 18.7 Å². The Hall–Kier alpha value is -1.09. The van der Waals surface area contributed by atoms with Crippen LogP contribution in [0.25, 0.3) is 0 Å². The summed E-state index contributed by atoms with van der Waals surface area (Å²) in [5.41, 5.74) is 1.01. The van der Waals surface area contributed by atoms with Crippen molar-refractivity contribution in [2.24, 2.45) is 0 Å². The van der Waals surface area contributed by atoms with Gasteiger partial charge in [0.05, 0.1) is 0 Å². The molecular formula is C14H20FNO. The molecule has 0 saturated heterocycles. The van der Waals surface area contributed by atoms with Gasteiger partial charge in [-0.05, 0) is 37.6 Å². The third kappa shape index (κ3) is 3.43. The van der Waals surface area contributed by atoms with E-state index in [1.807, 2.05) is 0 Å². The first-order valence-electron chi connectivity index (χ1n) is 6.33. The van der Waals surface area contributed by atoms with Gasteiger partial charge in [-0.2, -0.15) is 0 Å². The fourth-order valence-electron chi connectivity index (χ4n) is 2.17. The summed E-state index contributed by atoms with van der Waals surface area (Å²) < 4.78 is 18.8. The van der Waals surface area contributed by atoms with E-state index in [1.165, 1.54) is 6.07 Å². The normalized spacial score (nSPS) is 18.2. The standard InChI is InChI=1S/C14H20FNO/c1-10(2)16-7-3-4-13-9-11-8-12(15)5-6-14(11)17-13/h5-6,8,10,13,16H,3-4,7,9H2,1-2H3. The van der Waals surface area contributed by atoms with Crippen LogP contribution < -0.4 is 10.1 Å². The second-order valence-electron chi connectivity index (χ2n) is 4.95. The molecule has 0 amide bonds. The van der Waals surface area contributed by atoms with E-state index < -0.39 is 0 Å². The van der Waals surface area contributed by atoms with Crippen LogP contribution in [0.4, 0.5) is 4.39 Å². The molecular weight excluding hydrogens is 217 g/mol. The van der Waals surface area contributed by atoms with E-state index in [0.29, 0.717) is 6.04 Å². The summed E-state index contributed by atoms with van der Waals surface area (Å²) in [6.45, 7) is 5.30. The minimum absolute atomic E-state index is 0.172. The highest BCUT2D eigenvalue weighted by atomic mass is 19.1. The van der Waals surface area contributed by atoms with E-state index in [2.05, 4.69) is 19.2 Å². The molecule has 94 valence electrons. The largest absolute Gasteiger partial charge is 0.490 e. The lowest BCUT2D eigenvalue weighted by atomic mass is 10.1. The summed E-state index contributed by atoms with van der Waals surface area (Å²) in [4.78, 5) is 0. The molecule has 0 saturated carbocycles. The summed E-state index contributed by atoms with van der Waals surface area (Å²) in [7, 11) is 0. The monoisotopic (exact) mass is 237 g/mol. The van der Waals surface area contributed by atoms with Crippen LogP contribution in [0.1, 0.15) is 32.3 Å². The molecule has 2 rings (SSSR count). The Labute approximate surface area is 102 Å². The zero-order chi connectivity index (χ0) is 12.3. The zero-order valence-electron chi connectivity index (χ0n) is 10.5. The first-order valence-corrected chi connectivity index (χ1v) is 6.33. The van der Waals surface area contributed by atoms with Gasteiger partial charge in [0.25, 0.3) is 0 Å². The van der Waals surface area contributed by atoms with Gasteiger partial charge in [-0.25, -0.2) is 4.39 Å². The quantitative estimate of drug-likeness (QED) is 0.795. The van der Waals surface area contributed by atoms with Crippen LogP contribution in [0.15, 0.2) is 18.2 Å². The predicted molar refractivity (Wildman–Crippen MR) is 66.9 cm³/mol. The summed E-state index contributed by atoms with van der Waals surface area (Å²) in [6, 6.07) is 5.31. The fraction of sp³-hybridized carbons (Fsp3) is 0.571. The molecule has 17 heavy (non-hydrogen) atoms. The van der Waals surface area contributed by atoms with E-state index in [1.54, 1.807) is 12.1 Å². The number of nitrogens with one attached hydrogen (secondary N) is 1. The zero-order valence-corrected chi connectivity index (χ0v) is 10.5. The lowest BCUT2D eigenvalue weighted by Gasteiger charge is -2.12. The molecule has 0 fully saturated rings. The molecule has 1 aromatic carbocycles. The molecule has 1 aliphatic heterocycles. The van der Waals surface area contributed by atoms with E-state index in [9.17, 15) is 4.39 Å². The van der Waals surface area contributed by atoms with Crippen LogP contribution in [0.3, 0.4) is 0 Å². The molecule has 1 aromatic rings. The highest BCUT2D eigenvalue weighted by molar-refractivity contribution is 5.37. The SMILES string of the molecule is CC(C)NCCCC1Cc2cc(F)ccc2O1. The molecule has 0 aromatic heterocycles. The molecule has 1 heterocycles. The fourth-order valence-corrected chi connectivity index (χ4v) is 2.17. The van der Waals surface area contributed by atoms with Crippen molar-refractivity contribution in [2.45, 2.75) is 45.3 Å². The van der Waals surface area contributed by atoms with Gasteiger partial charge >= 0.3 is 0 Å². The molecule has 0 aliphatic carbocycles. The Morgan fingerprint density at radius 1 is 1.47 bits per heavy atom. The number of hydrogen-bond acceptors (Lipinski definition) is 2. The first kappa shape index (κ1) is 12.4. The first-order chi connectivity index (χ1) is 8.15. The Morgan fingerprint density at radius 2 is 2.29 bits per heavy atom. The summed E-state index contributed by atoms with van der Waals surface area (Å²) in [5.74, 6) is 0.683. The number of rotatable bonds is 5. The second kappa shape index (κ2) is 5.50. The molecule has 0 spiro atoms. The van der Waals surface area contributed by atoms with Crippen molar-refractivity contribution in [1.82, 2.24) is 5.32 Å². The Bertz CT molecular complexity index is 378. The van der Waals surface area contributed by atoms with Crippen molar-refractivity contribution < 1.29 is 9.13 Å². The maximum Gasteiger partial charge on any atom is 0.123 e. The van der Waals surface area contributed by atoms with Crippen molar-refractivity contribution in [2.75, 3.05) is 6.54 Å². The second-order valence-corrected chi connectivity index (χ2v) is 4.95. The van der Waals surface area contributed by atoms with Gasteiger partial charge in [0.1, 0.15) is 17.7 Å². The maximum atomic E-state index is 13.0. The van der Waals surface area contributed by atoms with E-state index in [0.717, 1.165) is 37.1 Å². The smallest absolute Gasteiger partial charge is 0.123 e. The summed E-state index contributed by atoms with van der Waals surface area (Å²) in [5, 5.41) is 3.38. The van der Waals surface area contributed by atoms with Crippen LogP contribution in [-0.2, 0) is 6.42 Å². The van der Waals surface area contributed by atoms with Crippen LogP contribution in [0, 0.1) is 5.82 Å². The molecule has 1 N–H and O–H groups in total. The Balaban J connectivity index is 1.76. The number of ether oxygens (including phenoxy) is 1. The van der Waals surface area contributed by atoms with Crippen molar-refractivity contribution in [1.29, 1.82) is 0 Å². The van der Waals surface area contributed by atoms with Crippen molar-refractivity contribution in [3.8, 4) is 5.75 Å². The lowest BCUT2D eigenvalue weighted by molar-refractivity contribution is 0.217. The van der Waals surface area contributed by atoms with E-state index >= 15 is 0 Å². The highest BCUT2D eigenvalue weighted by Crippen LogP contribution is 2.30. The minimum atomic E-state index is -0.172. The van der Waals surface area contributed by atoms with Crippen LogP contribution in [0.2, 0.25) is 0 Å². The average molecular weight is 237 g/mol. The van der Waals surface area contributed by atoms with Crippen LogP contribution in [0.5, 0.6) is 5.75 Å². The maximum absolute atomic E-state index is 13.0. The minimum Gasteiger partial charge on any atom is -0.490 e. The van der Waals surface area contributed by atoms with E-state index in [-0.39, 0.29) is 11.9 Å². The molecule has 1 aliphatic rings. The van der Waals surface area contributed by atoms with Gasteiger partial charge in [-0.3, -0.25) is 0 Å².